The molecule has 0 heterocycles. The smallest absolute Gasteiger partial charge is 0.268 e. The number of unbranched alkanes of at least 4 members (excludes halogenated alkanes) is 27. The maximum absolute atomic E-state index is 12.9. The Morgan fingerprint density at radius 1 is 0.493 bits per heavy atom. The number of likely N-dealkylation sites (N-methyl/N-ethyl adjacent to an activating group) is 1. The number of amides is 1. The van der Waals surface area contributed by atoms with Crippen LogP contribution in [0, 0.1) is 0 Å². The highest BCUT2D eigenvalue weighted by Crippen LogP contribution is 2.38. The normalized spacial score (nSPS) is 14.6. The van der Waals surface area contributed by atoms with E-state index >= 15 is 0 Å². The van der Waals surface area contributed by atoms with Gasteiger partial charge in [-0.2, -0.15) is 0 Å². The van der Waals surface area contributed by atoms with Gasteiger partial charge in [-0.3, -0.25) is 9.36 Å². The molecule has 0 rings (SSSR count). The highest BCUT2D eigenvalue weighted by Gasteiger charge is 2.23. The fraction of sp³-hybridized carbons (Fsp3) is 0.734. The predicted molar refractivity (Wildman–Crippen MR) is 316 cm³/mol. The quantitative estimate of drug-likeness (QED) is 0.0272. The molecule has 0 bridgehead atoms. The second kappa shape index (κ2) is 54.2. The monoisotopic (exact) mass is 1040 g/mol. The molecule has 3 unspecified atom stereocenters. The molecule has 3 atom stereocenters. The Bertz CT molecular complexity index is 1510. The summed E-state index contributed by atoms with van der Waals surface area (Å²) in [4.78, 5) is 25.4. The first-order valence-corrected chi connectivity index (χ1v) is 31.6. The molecule has 0 saturated carbocycles. The molecular formula is C64H115N2O6P. The zero-order valence-corrected chi connectivity index (χ0v) is 49.0. The Balaban J connectivity index is 3.92. The van der Waals surface area contributed by atoms with E-state index in [1.54, 1.807) is 6.08 Å². The average Bonchev–Trinajstić information content (AvgIpc) is 3.35. The Kier molecular flexibility index (Phi) is 52.3. The van der Waals surface area contributed by atoms with Gasteiger partial charge in [-0.05, 0) is 83.5 Å². The molecule has 0 aromatic carbocycles. The zero-order chi connectivity index (χ0) is 53.5. The molecule has 8 nitrogen and oxygen atoms in total. The van der Waals surface area contributed by atoms with E-state index in [2.05, 4.69) is 104 Å². The molecule has 0 aliphatic heterocycles. The molecule has 0 saturated heterocycles. The van der Waals surface area contributed by atoms with E-state index in [1.807, 2.05) is 27.2 Å². The van der Waals surface area contributed by atoms with Crippen LogP contribution in [0.1, 0.15) is 251 Å². The van der Waals surface area contributed by atoms with Gasteiger partial charge in [0.05, 0.1) is 39.9 Å². The van der Waals surface area contributed by atoms with Crippen LogP contribution in [0.25, 0.3) is 0 Å². The van der Waals surface area contributed by atoms with Crippen LogP contribution in [-0.2, 0) is 18.4 Å². The number of quaternary nitrogens is 1. The highest BCUT2D eigenvalue weighted by molar-refractivity contribution is 7.45. The van der Waals surface area contributed by atoms with Crippen LogP contribution in [0.4, 0.5) is 0 Å². The van der Waals surface area contributed by atoms with Crippen LogP contribution >= 0.6 is 7.82 Å². The van der Waals surface area contributed by atoms with Crippen molar-refractivity contribution in [2.75, 3.05) is 40.9 Å². The molecule has 0 aliphatic rings. The first kappa shape index (κ1) is 70.4. The lowest BCUT2D eigenvalue weighted by Gasteiger charge is -2.29. The van der Waals surface area contributed by atoms with Crippen LogP contribution in [-0.4, -0.2) is 68.5 Å². The Labute approximate surface area is 451 Å². The number of phosphoric ester groups is 1. The molecule has 0 spiro atoms. The fourth-order valence-corrected chi connectivity index (χ4v) is 9.04. The number of hydrogen-bond donors (Lipinski definition) is 2. The Morgan fingerprint density at radius 2 is 0.849 bits per heavy atom. The molecule has 2 N–H and O–H groups in total. The number of nitrogens with zero attached hydrogens (tertiary/aromatic N) is 1. The number of nitrogens with one attached hydrogen (secondary N) is 1. The third-order valence-corrected chi connectivity index (χ3v) is 14.0. The molecule has 0 aromatic heterocycles. The molecule has 0 aromatic rings. The third kappa shape index (κ3) is 57.0. The second-order valence-electron chi connectivity index (χ2n) is 21.3. The van der Waals surface area contributed by atoms with E-state index in [4.69, 9.17) is 9.05 Å². The van der Waals surface area contributed by atoms with Crippen LogP contribution in [0.3, 0.4) is 0 Å². The summed E-state index contributed by atoms with van der Waals surface area (Å²) in [6.45, 7) is 4.45. The first-order valence-electron chi connectivity index (χ1n) is 30.1. The molecule has 9 heteroatoms. The first-order chi connectivity index (χ1) is 35.5. The van der Waals surface area contributed by atoms with Crippen molar-refractivity contribution in [2.24, 2.45) is 0 Å². The Morgan fingerprint density at radius 3 is 1.27 bits per heavy atom. The van der Waals surface area contributed by atoms with Crippen molar-refractivity contribution in [3.8, 4) is 0 Å². The minimum Gasteiger partial charge on any atom is -0.756 e. The Hall–Kier alpha value is -2.58. The van der Waals surface area contributed by atoms with Gasteiger partial charge in [0.1, 0.15) is 13.2 Å². The van der Waals surface area contributed by atoms with E-state index in [0.29, 0.717) is 17.4 Å². The van der Waals surface area contributed by atoms with Gasteiger partial charge >= 0.3 is 0 Å². The molecule has 1 amide bonds. The topological polar surface area (TPSA) is 108 Å². The maximum atomic E-state index is 12.9. The van der Waals surface area contributed by atoms with Crippen molar-refractivity contribution in [1.82, 2.24) is 5.32 Å². The average molecular weight is 1040 g/mol. The minimum absolute atomic E-state index is 0.0109. The number of carbonyl (C=O) groups excluding carboxylic acids is 1. The van der Waals surface area contributed by atoms with Gasteiger partial charge in [0.15, 0.2) is 0 Å². The summed E-state index contributed by atoms with van der Waals surface area (Å²) in [5.74, 6) is -0.212. The van der Waals surface area contributed by atoms with Gasteiger partial charge in [0, 0.05) is 6.42 Å². The van der Waals surface area contributed by atoms with E-state index in [0.717, 1.165) is 83.5 Å². The van der Waals surface area contributed by atoms with Gasteiger partial charge in [0.25, 0.3) is 7.82 Å². The van der Waals surface area contributed by atoms with Gasteiger partial charge < -0.3 is 28.8 Å². The van der Waals surface area contributed by atoms with Crippen LogP contribution in [0.2, 0.25) is 0 Å². The summed E-state index contributed by atoms with van der Waals surface area (Å²) >= 11 is 0. The number of aliphatic hydroxyl groups is 1. The number of phosphoric acid groups is 1. The van der Waals surface area contributed by atoms with Gasteiger partial charge in [-0.25, -0.2) is 0 Å². The maximum Gasteiger partial charge on any atom is 0.268 e. The van der Waals surface area contributed by atoms with Gasteiger partial charge in [-0.15, -0.1) is 0 Å². The summed E-state index contributed by atoms with van der Waals surface area (Å²) in [6, 6.07) is -0.911. The van der Waals surface area contributed by atoms with Crippen molar-refractivity contribution in [2.45, 2.75) is 264 Å². The van der Waals surface area contributed by atoms with Crippen molar-refractivity contribution in [3.63, 3.8) is 0 Å². The van der Waals surface area contributed by atoms with Crippen LogP contribution in [0.5, 0.6) is 0 Å². The largest absolute Gasteiger partial charge is 0.756 e. The summed E-state index contributed by atoms with van der Waals surface area (Å²) < 4.78 is 23.3. The van der Waals surface area contributed by atoms with E-state index < -0.39 is 26.6 Å². The number of aliphatic hydroxyl groups excluding tert-OH is 1. The van der Waals surface area contributed by atoms with E-state index in [9.17, 15) is 19.4 Å². The minimum atomic E-state index is -4.61. The lowest BCUT2D eigenvalue weighted by Crippen LogP contribution is -2.45. The van der Waals surface area contributed by atoms with E-state index in [-0.39, 0.29) is 12.5 Å². The molecule has 0 fully saturated rings. The molecule has 0 aliphatic carbocycles. The zero-order valence-electron chi connectivity index (χ0n) is 48.1. The van der Waals surface area contributed by atoms with Gasteiger partial charge in [-0.1, -0.05) is 259 Å². The lowest BCUT2D eigenvalue weighted by atomic mass is 10.0. The number of rotatable bonds is 54. The SMILES string of the molecule is CC/C=C\C/C=C\C/C=C\C/C=C\C/C=C\CCCCCCCCCCCCCCCCCCCCCCCCCC(=O)NC(COP(=O)([O-])OCC[N+](C)(C)C)C(O)/C=C/CC/C=C/CC/C=C/CCCC. The highest BCUT2D eigenvalue weighted by atomic mass is 31.2. The van der Waals surface area contributed by atoms with Crippen molar-refractivity contribution in [3.05, 3.63) is 97.2 Å². The number of allylic oxidation sites excluding steroid dienone is 15. The second-order valence-corrected chi connectivity index (χ2v) is 22.7. The molecule has 422 valence electrons. The van der Waals surface area contributed by atoms with Crippen molar-refractivity contribution < 1.29 is 32.9 Å². The summed E-state index contributed by atoms with van der Waals surface area (Å²) in [6.07, 6.45) is 78.1. The fourth-order valence-electron chi connectivity index (χ4n) is 8.32. The number of hydrogen-bond acceptors (Lipinski definition) is 6. The van der Waals surface area contributed by atoms with Crippen LogP contribution < -0.4 is 10.2 Å². The standard InChI is InChI=1S/C64H115N2O6P/c1-6-8-10-12-14-16-18-20-21-22-23-24-25-26-27-28-29-30-31-32-33-34-35-36-37-38-39-40-41-42-43-44-45-46-48-50-52-54-56-58-64(68)65-62(61-72-73(69,70)71-60-59-66(3,4)5)63(67)57-55-53-51-49-47-19-17-15-13-11-9-7-2/h8,10,13-16,20-21,23-24,26-27,47,49,55,57,62-63,67H,6-7,9,11-12,17-19,22,25,28-46,48,50-54,56,58-61H2,1-5H3,(H-,65,68,69,70)/b10-8-,15-13+,16-14-,21-20-,24-23-,27-26-,49-47+,57-55+. The van der Waals surface area contributed by atoms with Gasteiger partial charge in [0.2, 0.25) is 5.91 Å². The molecular weight excluding hydrogens is 924 g/mol. The van der Waals surface area contributed by atoms with Crippen molar-refractivity contribution in [1.29, 1.82) is 0 Å². The van der Waals surface area contributed by atoms with E-state index in [1.165, 1.54) is 148 Å². The summed E-state index contributed by atoms with van der Waals surface area (Å²) in [7, 11) is 1.23. The van der Waals surface area contributed by atoms with Crippen LogP contribution in [0.15, 0.2) is 97.2 Å². The third-order valence-electron chi connectivity index (χ3n) is 13.0. The predicted octanol–water partition coefficient (Wildman–Crippen LogP) is 18.0. The van der Waals surface area contributed by atoms with Crippen molar-refractivity contribution >= 4 is 13.7 Å². The number of carbonyl (C=O) groups is 1. The summed E-state index contributed by atoms with van der Waals surface area (Å²) in [5, 5.41) is 13.8. The lowest BCUT2D eigenvalue weighted by molar-refractivity contribution is -0.870. The molecule has 73 heavy (non-hydrogen) atoms. The summed E-state index contributed by atoms with van der Waals surface area (Å²) in [5.41, 5.74) is 0. The molecule has 0 radical (unpaired) electrons.